The lowest BCUT2D eigenvalue weighted by Gasteiger charge is -2.29. The van der Waals surface area contributed by atoms with Gasteiger partial charge in [-0.2, -0.15) is 0 Å². The number of carboxylic acid groups (broad SMARTS) is 1. The number of hydrogen-bond acceptors (Lipinski definition) is 4. The van der Waals surface area contributed by atoms with Crippen molar-refractivity contribution >= 4 is 18.0 Å². The Kier molecular flexibility index (Phi) is 7.20. The van der Waals surface area contributed by atoms with Crippen LogP contribution in [0.25, 0.3) is 11.1 Å². The van der Waals surface area contributed by atoms with Crippen molar-refractivity contribution < 1.29 is 24.2 Å². The molecule has 3 N–H and O–H groups in total. The summed E-state index contributed by atoms with van der Waals surface area (Å²) < 4.78 is 5.61. The van der Waals surface area contributed by atoms with E-state index in [1.807, 2.05) is 38.1 Å². The molecular formula is C27H32N2O5. The minimum absolute atomic E-state index is 0.0473. The molecule has 0 radical (unpaired) electrons. The number of fused-ring (bicyclic) bond motifs is 3. The van der Waals surface area contributed by atoms with Crippen molar-refractivity contribution in [1.29, 1.82) is 0 Å². The van der Waals surface area contributed by atoms with Crippen LogP contribution in [0.2, 0.25) is 0 Å². The van der Waals surface area contributed by atoms with Gasteiger partial charge in [0.05, 0.1) is 5.92 Å². The van der Waals surface area contributed by atoms with Crippen LogP contribution >= 0.6 is 0 Å². The van der Waals surface area contributed by atoms with Crippen molar-refractivity contribution in [3.8, 4) is 11.1 Å². The van der Waals surface area contributed by atoms with Crippen molar-refractivity contribution in [1.82, 2.24) is 10.6 Å². The lowest BCUT2D eigenvalue weighted by atomic mass is 9.86. The zero-order chi connectivity index (χ0) is 24.2. The molecule has 7 heteroatoms. The van der Waals surface area contributed by atoms with Gasteiger partial charge < -0.3 is 20.5 Å². The molecule has 1 unspecified atom stereocenters. The van der Waals surface area contributed by atoms with Crippen LogP contribution in [-0.4, -0.2) is 41.8 Å². The number of alkyl carbamates (subject to hydrolysis) is 1. The predicted molar refractivity (Wildman–Crippen MR) is 128 cm³/mol. The van der Waals surface area contributed by atoms with Crippen LogP contribution in [0, 0.1) is 11.8 Å². The summed E-state index contributed by atoms with van der Waals surface area (Å²) >= 11 is 0. The molecular weight excluding hydrogens is 432 g/mol. The molecule has 0 saturated heterocycles. The summed E-state index contributed by atoms with van der Waals surface area (Å²) in [5.41, 5.74) is 4.58. The molecule has 2 aromatic rings. The average molecular weight is 465 g/mol. The Morgan fingerprint density at radius 2 is 1.50 bits per heavy atom. The van der Waals surface area contributed by atoms with E-state index in [1.54, 1.807) is 0 Å². The molecule has 2 aromatic carbocycles. The summed E-state index contributed by atoms with van der Waals surface area (Å²) in [5.74, 6) is -1.55. The van der Waals surface area contributed by atoms with Gasteiger partial charge in [0.1, 0.15) is 12.6 Å². The lowest BCUT2D eigenvalue weighted by Crippen LogP contribution is -2.52. The number of ether oxygens (including phenoxy) is 1. The van der Waals surface area contributed by atoms with Gasteiger partial charge in [-0.15, -0.1) is 0 Å². The zero-order valence-corrected chi connectivity index (χ0v) is 19.6. The molecule has 7 nitrogen and oxygen atoms in total. The Hall–Kier alpha value is -3.35. The van der Waals surface area contributed by atoms with Gasteiger partial charge >= 0.3 is 12.1 Å². The predicted octanol–water partition coefficient (Wildman–Crippen LogP) is 4.31. The molecule has 0 aliphatic heterocycles. The van der Waals surface area contributed by atoms with Crippen molar-refractivity contribution in [3.05, 3.63) is 59.7 Å². The molecule has 1 atom stereocenters. The first-order valence-corrected chi connectivity index (χ1v) is 12.0. The van der Waals surface area contributed by atoms with E-state index in [1.165, 1.54) is 0 Å². The second-order valence-electron chi connectivity index (χ2n) is 9.59. The maximum Gasteiger partial charge on any atom is 0.407 e. The maximum atomic E-state index is 12.9. The van der Waals surface area contributed by atoms with E-state index < -0.39 is 18.1 Å². The first-order chi connectivity index (χ1) is 16.3. The summed E-state index contributed by atoms with van der Waals surface area (Å²) in [4.78, 5) is 36.7. The molecule has 0 heterocycles. The first-order valence-electron chi connectivity index (χ1n) is 12.0. The molecule has 1 fully saturated rings. The van der Waals surface area contributed by atoms with Gasteiger partial charge in [-0.1, -0.05) is 62.4 Å². The quantitative estimate of drug-likeness (QED) is 0.566. The third-order valence-electron chi connectivity index (χ3n) is 6.99. The molecule has 2 aliphatic carbocycles. The van der Waals surface area contributed by atoms with Crippen LogP contribution < -0.4 is 10.6 Å². The Balaban J connectivity index is 1.34. The van der Waals surface area contributed by atoms with Crippen LogP contribution in [0.1, 0.15) is 56.6 Å². The molecule has 0 spiro atoms. The molecule has 34 heavy (non-hydrogen) atoms. The standard InChI is InChI=1S/C27H32N2O5/c1-16(2)24(25(30)28-18-13-11-17(12-14-18)26(31)32)29-27(33)34-15-23-21-9-5-3-7-19(21)20-8-4-6-10-22(20)23/h3-10,16-18,23-24H,11-15H2,1-2H3,(H,28,30)(H,29,33)(H,31,32). The smallest absolute Gasteiger partial charge is 0.407 e. The highest BCUT2D eigenvalue weighted by Gasteiger charge is 2.32. The largest absolute Gasteiger partial charge is 0.481 e. The highest BCUT2D eigenvalue weighted by Crippen LogP contribution is 2.44. The van der Waals surface area contributed by atoms with Crippen LogP contribution in [0.5, 0.6) is 0 Å². The number of hydrogen-bond donors (Lipinski definition) is 3. The van der Waals surface area contributed by atoms with E-state index >= 15 is 0 Å². The molecule has 1 saturated carbocycles. The fourth-order valence-corrected chi connectivity index (χ4v) is 5.08. The summed E-state index contributed by atoms with van der Waals surface area (Å²) in [5, 5.41) is 14.9. The van der Waals surface area contributed by atoms with Gasteiger partial charge in [0, 0.05) is 12.0 Å². The monoisotopic (exact) mass is 464 g/mol. The minimum Gasteiger partial charge on any atom is -0.481 e. The topological polar surface area (TPSA) is 105 Å². The molecule has 0 bridgehead atoms. The molecule has 2 aliphatic rings. The highest BCUT2D eigenvalue weighted by atomic mass is 16.5. The van der Waals surface area contributed by atoms with Gasteiger partial charge in [-0.3, -0.25) is 9.59 Å². The normalized spacial score (nSPS) is 20.2. The van der Waals surface area contributed by atoms with Crippen LogP contribution in [0.15, 0.2) is 48.5 Å². The number of amides is 2. The van der Waals surface area contributed by atoms with Crippen molar-refractivity contribution in [2.45, 2.75) is 57.5 Å². The van der Waals surface area contributed by atoms with Crippen LogP contribution in [0.4, 0.5) is 4.79 Å². The van der Waals surface area contributed by atoms with E-state index in [0.29, 0.717) is 25.7 Å². The van der Waals surface area contributed by atoms with Gasteiger partial charge in [0.25, 0.3) is 0 Å². The van der Waals surface area contributed by atoms with Crippen molar-refractivity contribution in [2.24, 2.45) is 11.8 Å². The second kappa shape index (κ2) is 10.3. The molecule has 2 amide bonds. The van der Waals surface area contributed by atoms with E-state index in [4.69, 9.17) is 9.84 Å². The third kappa shape index (κ3) is 5.08. The number of carbonyl (C=O) groups excluding carboxylic acids is 2. The fourth-order valence-electron chi connectivity index (χ4n) is 5.08. The Bertz CT molecular complexity index is 1010. The number of rotatable bonds is 7. The second-order valence-corrected chi connectivity index (χ2v) is 9.59. The third-order valence-corrected chi connectivity index (χ3v) is 6.99. The minimum atomic E-state index is -0.776. The number of carbonyl (C=O) groups is 3. The van der Waals surface area contributed by atoms with Gasteiger partial charge in [0.2, 0.25) is 5.91 Å². The first kappa shape index (κ1) is 23.8. The molecule has 4 rings (SSSR count). The SMILES string of the molecule is CC(C)C(NC(=O)OCC1c2ccccc2-c2ccccc21)C(=O)NC1CCC(C(=O)O)CC1. The highest BCUT2D eigenvalue weighted by molar-refractivity contribution is 5.86. The maximum absolute atomic E-state index is 12.9. The summed E-state index contributed by atoms with van der Waals surface area (Å²) in [6.07, 6.45) is 1.72. The van der Waals surface area contributed by atoms with Gasteiger partial charge in [-0.05, 0) is 53.9 Å². The molecule has 0 aromatic heterocycles. The summed E-state index contributed by atoms with van der Waals surface area (Å²) in [7, 11) is 0. The Morgan fingerprint density at radius 3 is 2.03 bits per heavy atom. The number of benzene rings is 2. The number of carboxylic acids is 1. The number of nitrogens with one attached hydrogen (secondary N) is 2. The van der Waals surface area contributed by atoms with E-state index in [9.17, 15) is 14.4 Å². The van der Waals surface area contributed by atoms with Gasteiger partial charge in [0.15, 0.2) is 0 Å². The fraction of sp³-hybridized carbons (Fsp3) is 0.444. The van der Waals surface area contributed by atoms with E-state index in [0.717, 1.165) is 22.3 Å². The van der Waals surface area contributed by atoms with Crippen molar-refractivity contribution in [2.75, 3.05) is 6.61 Å². The number of aliphatic carboxylic acids is 1. The lowest BCUT2D eigenvalue weighted by molar-refractivity contribution is -0.142. The van der Waals surface area contributed by atoms with Gasteiger partial charge in [-0.25, -0.2) is 4.79 Å². The van der Waals surface area contributed by atoms with Crippen LogP contribution in [0.3, 0.4) is 0 Å². The van der Waals surface area contributed by atoms with Crippen LogP contribution in [-0.2, 0) is 14.3 Å². The summed E-state index contributed by atoms with van der Waals surface area (Å²) in [6.45, 7) is 3.93. The van der Waals surface area contributed by atoms with E-state index in [2.05, 4.69) is 34.9 Å². The molecule has 180 valence electrons. The Labute approximate surface area is 199 Å². The average Bonchev–Trinajstić information content (AvgIpc) is 3.15. The zero-order valence-electron chi connectivity index (χ0n) is 19.6. The summed E-state index contributed by atoms with van der Waals surface area (Å²) in [6, 6.07) is 15.5. The van der Waals surface area contributed by atoms with E-state index in [-0.39, 0.29) is 36.3 Å². The Morgan fingerprint density at radius 1 is 0.941 bits per heavy atom. The van der Waals surface area contributed by atoms with Crippen molar-refractivity contribution in [3.63, 3.8) is 0 Å².